The molecule has 1 fully saturated rings. The van der Waals surface area contributed by atoms with Crippen LogP contribution in [0, 0.1) is 12.0 Å². The Morgan fingerprint density at radius 3 is 2.20 bits per heavy atom. The average molecular weight is 152 g/mol. The van der Waals surface area contributed by atoms with Gasteiger partial charge >= 0.3 is 0 Å². The van der Waals surface area contributed by atoms with Crippen molar-refractivity contribution in [3.8, 4) is 12.0 Å². The predicted octanol–water partition coefficient (Wildman–Crippen LogP) is 2.81. The van der Waals surface area contributed by atoms with Gasteiger partial charge in [-0.25, -0.2) is 0 Å². The molecule has 1 aliphatic heterocycles. The van der Waals surface area contributed by atoms with Crippen LogP contribution in [0.25, 0.3) is 0 Å². The molecule has 0 nitrogen and oxygen atoms in total. The number of terminal acetylenes is 1. The summed E-state index contributed by atoms with van der Waals surface area (Å²) in [7, 11) is -1.10. The SMILES string of the molecule is C#C[Si]1(CC)CCCCC1. The van der Waals surface area contributed by atoms with Crippen molar-refractivity contribution in [1.29, 1.82) is 0 Å². The Bertz CT molecular complexity index is 137. The summed E-state index contributed by atoms with van der Waals surface area (Å²) < 4.78 is 0. The molecule has 0 saturated carbocycles. The quantitative estimate of drug-likeness (QED) is 0.400. The molecule has 0 aromatic heterocycles. The van der Waals surface area contributed by atoms with Crippen LogP contribution < -0.4 is 0 Å². The minimum Gasteiger partial charge on any atom is -0.135 e. The van der Waals surface area contributed by atoms with Crippen molar-refractivity contribution in [2.24, 2.45) is 0 Å². The van der Waals surface area contributed by atoms with Crippen molar-refractivity contribution in [3.05, 3.63) is 0 Å². The van der Waals surface area contributed by atoms with E-state index in [0.717, 1.165) is 0 Å². The van der Waals surface area contributed by atoms with Crippen LogP contribution in [-0.4, -0.2) is 8.07 Å². The number of rotatable bonds is 1. The lowest BCUT2D eigenvalue weighted by Gasteiger charge is -2.28. The van der Waals surface area contributed by atoms with E-state index in [9.17, 15) is 0 Å². The molecule has 0 N–H and O–H groups in total. The van der Waals surface area contributed by atoms with E-state index in [-0.39, 0.29) is 0 Å². The molecule has 0 atom stereocenters. The van der Waals surface area contributed by atoms with Gasteiger partial charge in [-0.1, -0.05) is 26.2 Å². The maximum absolute atomic E-state index is 5.56. The third-order valence-corrected chi connectivity index (χ3v) is 7.38. The van der Waals surface area contributed by atoms with E-state index in [1.54, 1.807) is 0 Å². The van der Waals surface area contributed by atoms with Gasteiger partial charge in [-0.2, -0.15) is 0 Å². The van der Waals surface area contributed by atoms with Crippen LogP contribution in [0.5, 0.6) is 0 Å². The highest BCUT2D eigenvalue weighted by atomic mass is 28.3. The molecular weight excluding hydrogens is 136 g/mol. The van der Waals surface area contributed by atoms with Gasteiger partial charge in [-0.15, -0.1) is 12.0 Å². The highest BCUT2D eigenvalue weighted by molar-refractivity contribution is 6.87. The molecule has 1 aliphatic rings. The smallest absolute Gasteiger partial charge is 0.135 e. The second-order valence-corrected chi connectivity index (χ2v) is 7.90. The second-order valence-electron chi connectivity index (χ2n) is 3.34. The third-order valence-electron chi connectivity index (χ3n) is 2.79. The monoisotopic (exact) mass is 152 g/mol. The van der Waals surface area contributed by atoms with E-state index in [4.69, 9.17) is 6.42 Å². The molecule has 1 heteroatoms. The minimum absolute atomic E-state index is 1.10. The van der Waals surface area contributed by atoms with Gasteiger partial charge in [0.2, 0.25) is 0 Å². The largest absolute Gasteiger partial charge is 0.137 e. The first kappa shape index (κ1) is 7.88. The van der Waals surface area contributed by atoms with Crippen molar-refractivity contribution in [3.63, 3.8) is 0 Å². The summed E-state index contributed by atoms with van der Waals surface area (Å²) >= 11 is 0. The van der Waals surface area contributed by atoms with E-state index >= 15 is 0 Å². The maximum Gasteiger partial charge on any atom is 0.137 e. The molecule has 1 heterocycles. The molecule has 0 radical (unpaired) electrons. The van der Waals surface area contributed by atoms with Gasteiger partial charge in [0.1, 0.15) is 8.07 Å². The first-order chi connectivity index (χ1) is 4.83. The van der Waals surface area contributed by atoms with Crippen LogP contribution in [0.2, 0.25) is 18.1 Å². The average Bonchev–Trinajstić information content (AvgIpc) is 2.06. The summed E-state index contributed by atoms with van der Waals surface area (Å²) in [5, 5.41) is 0. The highest BCUT2D eigenvalue weighted by Gasteiger charge is 2.30. The molecule has 1 saturated heterocycles. The van der Waals surface area contributed by atoms with Gasteiger partial charge < -0.3 is 0 Å². The van der Waals surface area contributed by atoms with E-state index in [2.05, 4.69) is 12.5 Å². The first-order valence-corrected chi connectivity index (χ1v) is 6.93. The topological polar surface area (TPSA) is 0 Å². The molecule has 0 aromatic carbocycles. The Morgan fingerprint density at radius 2 is 1.90 bits per heavy atom. The fourth-order valence-corrected chi connectivity index (χ4v) is 5.13. The fourth-order valence-electron chi connectivity index (χ4n) is 1.83. The molecule has 1 rings (SSSR count). The zero-order valence-corrected chi connectivity index (χ0v) is 7.82. The molecule has 56 valence electrons. The molecule has 0 spiro atoms. The van der Waals surface area contributed by atoms with Crippen molar-refractivity contribution < 1.29 is 0 Å². The minimum atomic E-state index is -1.10. The Hall–Kier alpha value is -0.223. The predicted molar refractivity (Wildman–Crippen MR) is 48.5 cm³/mol. The molecule has 0 aromatic rings. The van der Waals surface area contributed by atoms with Crippen molar-refractivity contribution >= 4 is 8.07 Å². The maximum atomic E-state index is 5.56. The van der Waals surface area contributed by atoms with Crippen LogP contribution in [0.15, 0.2) is 0 Å². The molecule has 0 amide bonds. The summed E-state index contributed by atoms with van der Waals surface area (Å²) in [6.45, 7) is 2.28. The molecule has 0 unspecified atom stereocenters. The Morgan fingerprint density at radius 1 is 1.30 bits per heavy atom. The summed E-state index contributed by atoms with van der Waals surface area (Å²) in [6, 6.07) is 4.11. The number of hydrogen-bond donors (Lipinski definition) is 0. The fraction of sp³-hybridized carbons (Fsp3) is 0.778. The highest BCUT2D eigenvalue weighted by Crippen LogP contribution is 2.30. The Balaban J connectivity index is 2.55. The van der Waals surface area contributed by atoms with Gasteiger partial charge in [-0.3, -0.25) is 0 Å². The lowest BCUT2D eigenvalue weighted by molar-refractivity contribution is 0.713. The Kier molecular flexibility index (Phi) is 2.56. The van der Waals surface area contributed by atoms with Crippen LogP contribution >= 0.6 is 0 Å². The molecule has 0 bridgehead atoms. The summed E-state index contributed by atoms with van der Waals surface area (Å²) in [5.74, 6) is 0. The normalized spacial score (nSPS) is 23.6. The summed E-state index contributed by atoms with van der Waals surface area (Å²) in [4.78, 5) is 0. The lowest BCUT2D eigenvalue weighted by Crippen LogP contribution is -2.33. The van der Waals surface area contributed by atoms with E-state index in [1.807, 2.05) is 0 Å². The molecule has 0 aliphatic carbocycles. The Labute approximate surface area is 65.0 Å². The van der Waals surface area contributed by atoms with Gasteiger partial charge in [0.15, 0.2) is 0 Å². The standard InChI is InChI=1S/C9H16Si/c1-3-10(4-2)8-6-5-7-9-10/h1H,4-9H2,2H3. The van der Waals surface area contributed by atoms with Crippen molar-refractivity contribution in [2.75, 3.05) is 0 Å². The third kappa shape index (κ3) is 1.43. The lowest BCUT2D eigenvalue weighted by atomic mass is 10.3. The zero-order valence-electron chi connectivity index (χ0n) is 6.82. The summed E-state index contributed by atoms with van der Waals surface area (Å²) in [5.41, 5.74) is 3.11. The van der Waals surface area contributed by atoms with Gasteiger partial charge in [0.25, 0.3) is 0 Å². The van der Waals surface area contributed by atoms with E-state index in [0.29, 0.717) is 0 Å². The van der Waals surface area contributed by atoms with Gasteiger partial charge in [0.05, 0.1) is 0 Å². The van der Waals surface area contributed by atoms with Crippen molar-refractivity contribution in [2.45, 2.75) is 44.3 Å². The van der Waals surface area contributed by atoms with Crippen molar-refractivity contribution in [1.82, 2.24) is 0 Å². The number of hydrogen-bond acceptors (Lipinski definition) is 0. The van der Waals surface area contributed by atoms with E-state index in [1.165, 1.54) is 37.4 Å². The first-order valence-electron chi connectivity index (χ1n) is 4.31. The van der Waals surface area contributed by atoms with Crippen LogP contribution in [0.1, 0.15) is 26.2 Å². The van der Waals surface area contributed by atoms with Gasteiger partial charge in [-0.05, 0) is 18.1 Å². The van der Waals surface area contributed by atoms with Crippen LogP contribution in [0.3, 0.4) is 0 Å². The van der Waals surface area contributed by atoms with Crippen LogP contribution in [-0.2, 0) is 0 Å². The van der Waals surface area contributed by atoms with Crippen LogP contribution in [0.4, 0.5) is 0 Å². The second kappa shape index (κ2) is 3.25. The van der Waals surface area contributed by atoms with Gasteiger partial charge in [0, 0.05) is 0 Å². The molecular formula is C9H16Si. The molecule has 10 heavy (non-hydrogen) atoms. The van der Waals surface area contributed by atoms with E-state index < -0.39 is 8.07 Å². The summed E-state index contributed by atoms with van der Waals surface area (Å²) in [6.07, 6.45) is 9.80. The zero-order chi connectivity index (χ0) is 7.45.